The zero-order chi connectivity index (χ0) is 24.2. The first-order chi connectivity index (χ1) is 17.1. The Bertz CT molecular complexity index is 1460. The molecule has 0 radical (unpaired) electrons. The maximum Gasteiger partial charge on any atom is 0.221 e. The van der Waals surface area contributed by atoms with Crippen molar-refractivity contribution in [2.24, 2.45) is 0 Å². The second-order valence-corrected chi connectivity index (χ2v) is 8.01. The quantitative estimate of drug-likeness (QED) is 0.301. The number of carbonyl (C=O) groups excluding carboxylic acids is 1. The average Bonchev–Trinajstić information content (AvgIpc) is 3.27. The van der Waals surface area contributed by atoms with Gasteiger partial charge in [0.2, 0.25) is 5.91 Å². The topological polar surface area (TPSA) is 81.1 Å². The van der Waals surface area contributed by atoms with Crippen molar-refractivity contribution in [1.82, 2.24) is 14.5 Å². The number of rotatable bonds is 7. The van der Waals surface area contributed by atoms with E-state index in [0.29, 0.717) is 12.4 Å². The molecule has 7 nitrogen and oxygen atoms in total. The van der Waals surface area contributed by atoms with Crippen molar-refractivity contribution < 1.29 is 9.53 Å². The minimum absolute atomic E-state index is 0.105. The minimum Gasteiger partial charge on any atom is -0.494 e. The molecule has 3 aromatic carbocycles. The van der Waals surface area contributed by atoms with Gasteiger partial charge < -0.3 is 19.9 Å². The standard InChI is InChI=1S/C28H25N5O2/c1-3-35-24-15-13-23(14-16-24)33-17-25(20-7-5-4-6-8-20)26-27(29-18-30-28(26)33)32-22-11-9-21(10-12-22)31-19(2)34/h4-18H,3H2,1-2H3,(H,31,34)(H,29,30,32). The SMILES string of the molecule is CCOc1ccc(-n2cc(-c3ccccc3)c3c(Nc4ccc(NC(C)=O)cc4)ncnc32)cc1. The van der Waals surface area contributed by atoms with Gasteiger partial charge >= 0.3 is 0 Å². The van der Waals surface area contributed by atoms with Crippen molar-refractivity contribution in [2.45, 2.75) is 13.8 Å². The maximum absolute atomic E-state index is 11.3. The summed E-state index contributed by atoms with van der Waals surface area (Å²) in [6, 6.07) is 25.7. The Morgan fingerprint density at radius 2 is 1.63 bits per heavy atom. The summed E-state index contributed by atoms with van der Waals surface area (Å²) in [6.45, 7) is 4.08. The summed E-state index contributed by atoms with van der Waals surface area (Å²) in [5.74, 6) is 1.42. The van der Waals surface area contributed by atoms with Gasteiger partial charge in [0.15, 0.2) is 5.65 Å². The molecule has 0 atom stereocenters. The van der Waals surface area contributed by atoms with Gasteiger partial charge in [-0.1, -0.05) is 30.3 Å². The summed E-state index contributed by atoms with van der Waals surface area (Å²) in [4.78, 5) is 20.5. The van der Waals surface area contributed by atoms with Crippen LogP contribution in [-0.2, 0) is 4.79 Å². The summed E-state index contributed by atoms with van der Waals surface area (Å²) < 4.78 is 7.68. The van der Waals surface area contributed by atoms with E-state index < -0.39 is 0 Å². The van der Waals surface area contributed by atoms with E-state index in [0.717, 1.165) is 45.0 Å². The number of anilines is 3. The fraction of sp³-hybridized carbons (Fsp3) is 0.107. The first-order valence-electron chi connectivity index (χ1n) is 11.4. The molecule has 2 N–H and O–H groups in total. The van der Waals surface area contributed by atoms with E-state index in [4.69, 9.17) is 4.74 Å². The number of benzene rings is 3. The molecule has 2 aromatic heterocycles. The van der Waals surface area contributed by atoms with Crippen LogP contribution in [0.1, 0.15) is 13.8 Å². The number of nitrogens with zero attached hydrogens (tertiary/aromatic N) is 3. The Morgan fingerprint density at radius 1 is 0.914 bits per heavy atom. The van der Waals surface area contributed by atoms with Crippen LogP contribution in [0.4, 0.5) is 17.2 Å². The van der Waals surface area contributed by atoms with Crippen LogP contribution in [0.5, 0.6) is 5.75 Å². The third-order valence-electron chi connectivity index (χ3n) is 5.56. The van der Waals surface area contributed by atoms with Crippen LogP contribution < -0.4 is 15.4 Å². The lowest BCUT2D eigenvalue weighted by Gasteiger charge is -2.10. The Kier molecular flexibility index (Phi) is 6.13. The van der Waals surface area contributed by atoms with Crippen LogP contribution in [0, 0.1) is 0 Å². The van der Waals surface area contributed by atoms with Crippen molar-refractivity contribution in [3.05, 3.63) is 91.4 Å². The van der Waals surface area contributed by atoms with Crippen LogP contribution in [0.3, 0.4) is 0 Å². The van der Waals surface area contributed by atoms with Gasteiger partial charge in [0.25, 0.3) is 0 Å². The van der Waals surface area contributed by atoms with Gasteiger partial charge in [-0.15, -0.1) is 0 Å². The molecule has 0 fully saturated rings. The molecule has 0 aliphatic heterocycles. The average molecular weight is 464 g/mol. The molecule has 0 aliphatic rings. The van der Waals surface area contributed by atoms with Crippen LogP contribution in [0.25, 0.3) is 27.8 Å². The maximum atomic E-state index is 11.3. The predicted octanol–water partition coefficient (Wildman–Crippen LogP) is 6.19. The molecule has 174 valence electrons. The summed E-state index contributed by atoms with van der Waals surface area (Å²) >= 11 is 0. The monoisotopic (exact) mass is 463 g/mol. The highest BCUT2D eigenvalue weighted by Gasteiger charge is 2.17. The molecule has 0 saturated carbocycles. The molecule has 0 aliphatic carbocycles. The van der Waals surface area contributed by atoms with Gasteiger partial charge in [0.1, 0.15) is 17.9 Å². The lowest BCUT2D eigenvalue weighted by atomic mass is 10.1. The fourth-order valence-corrected chi connectivity index (χ4v) is 4.04. The van der Waals surface area contributed by atoms with Crippen molar-refractivity contribution in [1.29, 1.82) is 0 Å². The van der Waals surface area contributed by atoms with Crippen LogP contribution in [0.2, 0.25) is 0 Å². The summed E-state index contributed by atoms with van der Waals surface area (Å²) in [5, 5.41) is 7.13. The van der Waals surface area contributed by atoms with Crippen LogP contribution >= 0.6 is 0 Å². The molecular weight excluding hydrogens is 438 g/mol. The minimum atomic E-state index is -0.105. The van der Waals surface area contributed by atoms with E-state index >= 15 is 0 Å². The smallest absolute Gasteiger partial charge is 0.221 e. The second-order valence-electron chi connectivity index (χ2n) is 8.01. The number of hydrogen-bond donors (Lipinski definition) is 2. The van der Waals surface area contributed by atoms with Crippen molar-refractivity contribution in [2.75, 3.05) is 17.2 Å². The van der Waals surface area contributed by atoms with E-state index in [1.807, 2.05) is 73.7 Å². The van der Waals surface area contributed by atoms with Crippen molar-refractivity contribution in [3.63, 3.8) is 0 Å². The Hall–Kier alpha value is -4.65. The normalized spacial score (nSPS) is 10.8. The molecule has 7 heteroatoms. The molecule has 35 heavy (non-hydrogen) atoms. The van der Waals surface area contributed by atoms with Crippen LogP contribution in [-0.4, -0.2) is 27.0 Å². The van der Waals surface area contributed by atoms with Gasteiger partial charge in [-0.2, -0.15) is 0 Å². The zero-order valence-corrected chi connectivity index (χ0v) is 19.5. The molecular formula is C28H25N5O2. The van der Waals surface area contributed by atoms with E-state index in [1.165, 1.54) is 6.92 Å². The van der Waals surface area contributed by atoms with E-state index in [1.54, 1.807) is 6.33 Å². The molecule has 5 rings (SSSR count). The van der Waals surface area contributed by atoms with Crippen molar-refractivity contribution in [3.8, 4) is 22.6 Å². The van der Waals surface area contributed by atoms with E-state index in [9.17, 15) is 4.79 Å². The summed E-state index contributed by atoms with van der Waals surface area (Å²) in [5.41, 5.74) is 5.45. The molecule has 2 heterocycles. The van der Waals surface area contributed by atoms with Crippen LogP contribution in [0.15, 0.2) is 91.4 Å². The molecule has 0 spiro atoms. The Morgan fingerprint density at radius 3 is 2.31 bits per heavy atom. The number of carbonyl (C=O) groups is 1. The third-order valence-corrected chi connectivity index (χ3v) is 5.56. The highest BCUT2D eigenvalue weighted by Crippen LogP contribution is 2.36. The van der Waals surface area contributed by atoms with E-state index in [-0.39, 0.29) is 5.91 Å². The lowest BCUT2D eigenvalue weighted by Crippen LogP contribution is -2.05. The van der Waals surface area contributed by atoms with Gasteiger partial charge in [-0.3, -0.25) is 4.79 Å². The zero-order valence-electron chi connectivity index (χ0n) is 19.5. The first kappa shape index (κ1) is 22.2. The predicted molar refractivity (Wildman–Crippen MR) is 139 cm³/mol. The van der Waals surface area contributed by atoms with Gasteiger partial charge in [0.05, 0.1) is 12.0 Å². The second kappa shape index (κ2) is 9.69. The van der Waals surface area contributed by atoms with Gasteiger partial charge in [0, 0.05) is 35.7 Å². The Balaban J connectivity index is 1.60. The number of ether oxygens (including phenoxy) is 1. The number of fused-ring (bicyclic) bond motifs is 1. The Labute approximate surface area is 203 Å². The molecule has 5 aromatic rings. The highest BCUT2D eigenvalue weighted by atomic mass is 16.5. The largest absolute Gasteiger partial charge is 0.494 e. The third kappa shape index (κ3) is 4.70. The van der Waals surface area contributed by atoms with Gasteiger partial charge in [-0.05, 0) is 61.0 Å². The fourth-order valence-electron chi connectivity index (χ4n) is 4.04. The number of amides is 1. The first-order valence-corrected chi connectivity index (χ1v) is 11.4. The number of hydrogen-bond acceptors (Lipinski definition) is 5. The van der Waals surface area contributed by atoms with Gasteiger partial charge in [-0.25, -0.2) is 9.97 Å². The van der Waals surface area contributed by atoms with E-state index in [2.05, 4.69) is 43.5 Å². The molecule has 0 unspecified atom stereocenters. The molecule has 0 bridgehead atoms. The number of nitrogens with one attached hydrogen (secondary N) is 2. The molecule has 1 amide bonds. The lowest BCUT2D eigenvalue weighted by molar-refractivity contribution is -0.114. The number of aromatic nitrogens is 3. The summed E-state index contributed by atoms with van der Waals surface area (Å²) in [6.07, 6.45) is 3.66. The molecule has 0 saturated heterocycles. The summed E-state index contributed by atoms with van der Waals surface area (Å²) in [7, 11) is 0. The van der Waals surface area contributed by atoms with Crippen molar-refractivity contribution >= 4 is 34.1 Å². The highest BCUT2D eigenvalue weighted by molar-refractivity contribution is 6.03.